The van der Waals surface area contributed by atoms with Crippen molar-refractivity contribution in [3.05, 3.63) is 171 Å². The summed E-state index contributed by atoms with van der Waals surface area (Å²) in [6, 6.07) is 39.7. The number of anilines is 2. The van der Waals surface area contributed by atoms with Crippen molar-refractivity contribution in [2.24, 2.45) is 0 Å². The molecule has 0 aromatic heterocycles. The first kappa shape index (κ1) is 28.0. The van der Waals surface area contributed by atoms with E-state index >= 15 is 0 Å². The highest BCUT2D eigenvalue weighted by Gasteiger charge is 2.34. The Labute approximate surface area is 261 Å². The lowest BCUT2D eigenvalue weighted by molar-refractivity contribution is 0.0696. The van der Waals surface area contributed by atoms with Gasteiger partial charge in [-0.1, -0.05) is 78.9 Å². The number of carboxylic acid groups (broad SMARTS) is 1. The highest BCUT2D eigenvalue weighted by molar-refractivity contribution is 6.41. The van der Waals surface area contributed by atoms with Gasteiger partial charge in [0.1, 0.15) is 0 Å². The molecule has 1 atom stereocenters. The van der Waals surface area contributed by atoms with Crippen molar-refractivity contribution < 1.29 is 19.5 Å². The van der Waals surface area contributed by atoms with Gasteiger partial charge in [-0.25, -0.2) is 4.79 Å². The second kappa shape index (κ2) is 11.4. The van der Waals surface area contributed by atoms with E-state index in [-0.39, 0.29) is 34.1 Å². The predicted octanol–water partition coefficient (Wildman–Crippen LogP) is 8.52. The van der Waals surface area contributed by atoms with Crippen LogP contribution < -0.4 is 4.90 Å². The minimum absolute atomic E-state index is 0.0142. The number of Topliss-reactive ketones (excluding diaryl/α,β-unsaturated/α-hetero) is 2. The average molecular weight is 588 g/mol. The van der Waals surface area contributed by atoms with E-state index in [1.807, 2.05) is 30.3 Å². The van der Waals surface area contributed by atoms with Crippen LogP contribution in [-0.4, -0.2) is 28.7 Å². The summed E-state index contributed by atoms with van der Waals surface area (Å²) in [5.74, 6) is -1.95. The fraction of sp³-hybridized carbons (Fsp3) is 0.0750. The number of allylic oxidation sites excluding steroid dienone is 1. The molecule has 5 nitrogen and oxygen atoms in total. The molecular weight excluding hydrogens is 558 g/mol. The molecule has 1 aliphatic carbocycles. The third kappa shape index (κ3) is 5.19. The minimum Gasteiger partial charge on any atom is -0.478 e. The third-order valence-corrected chi connectivity index (χ3v) is 8.53. The van der Waals surface area contributed by atoms with Crippen LogP contribution >= 0.6 is 0 Å². The second-order valence-corrected chi connectivity index (χ2v) is 11.5. The van der Waals surface area contributed by atoms with E-state index in [1.165, 1.54) is 18.2 Å². The lowest BCUT2D eigenvalue weighted by Crippen LogP contribution is -2.23. The summed E-state index contributed by atoms with van der Waals surface area (Å²) in [5.41, 5.74) is 9.13. The van der Waals surface area contributed by atoms with E-state index < -0.39 is 11.8 Å². The van der Waals surface area contributed by atoms with Crippen LogP contribution in [0.5, 0.6) is 0 Å². The molecule has 0 saturated heterocycles. The molecule has 0 saturated carbocycles. The molecule has 5 aromatic carbocycles. The molecule has 0 bridgehead atoms. The molecular formula is C40H29NO4. The van der Waals surface area contributed by atoms with E-state index in [0.29, 0.717) is 0 Å². The summed E-state index contributed by atoms with van der Waals surface area (Å²) in [4.78, 5) is 39.8. The van der Waals surface area contributed by atoms with Crippen molar-refractivity contribution in [2.75, 3.05) is 4.90 Å². The van der Waals surface area contributed by atoms with Crippen LogP contribution in [0.15, 0.2) is 127 Å². The summed E-state index contributed by atoms with van der Waals surface area (Å²) in [7, 11) is 0. The molecule has 7 rings (SSSR count). The molecule has 0 fully saturated rings. The first-order valence-corrected chi connectivity index (χ1v) is 14.9. The van der Waals surface area contributed by atoms with Gasteiger partial charge in [-0.05, 0) is 101 Å². The van der Waals surface area contributed by atoms with Crippen molar-refractivity contribution in [1.29, 1.82) is 0 Å². The molecule has 1 heterocycles. The van der Waals surface area contributed by atoms with Gasteiger partial charge in [0.05, 0.1) is 11.1 Å². The molecule has 1 unspecified atom stereocenters. The average Bonchev–Trinajstić information content (AvgIpc) is 3.52. The fourth-order valence-corrected chi connectivity index (χ4v) is 6.36. The predicted molar refractivity (Wildman–Crippen MR) is 178 cm³/mol. The van der Waals surface area contributed by atoms with E-state index in [1.54, 1.807) is 6.08 Å². The quantitative estimate of drug-likeness (QED) is 0.122. The molecule has 0 spiro atoms. The highest BCUT2D eigenvalue weighted by atomic mass is 16.4. The number of ketones is 2. The Morgan fingerprint density at radius 2 is 1.33 bits per heavy atom. The van der Waals surface area contributed by atoms with Crippen LogP contribution in [0.25, 0.3) is 17.7 Å². The second-order valence-electron chi connectivity index (χ2n) is 11.5. The van der Waals surface area contributed by atoms with Gasteiger partial charge in [-0.2, -0.15) is 0 Å². The van der Waals surface area contributed by atoms with Crippen LogP contribution in [0.1, 0.15) is 65.8 Å². The summed E-state index contributed by atoms with van der Waals surface area (Å²) < 4.78 is 0. The SMILES string of the molecule is CC1Cc2cc(/C=C3\C(=O)c4ccc(C(=O)O)cc4C3=O)ccc2N1c1ccc(C=C(c2ccccc2)c2ccccc2)cc1. The summed E-state index contributed by atoms with van der Waals surface area (Å²) >= 11 is 0. The molecule has 45 heavy (non-hydrogen) atoms. The molecule has 1 aliphatic heterocycles. The van der Waals surface area contributed by atoms with Crippen LogP contribution in [-0.2, 0) is 6.42 Å². The number of rotatable bonds is 6. The van der Waals surface area contributed by atoms with E-state index in [0.717, 1.165) is 51.2 Å². The lowest BCUT2D eigenvalue weighted by atomic mass is 9.95. The van der Waals surface area contributed by atoms with Crippen LogP contribution in [0.2, 0.25) is 0 Å². The molecule has 0 radical (unpaired) electrons. The Bertz CT molecular complexity index is 2000. The van der Waals surface area contributed by atoms with Crippen molar-refractivity contribution in [1.82, 2.24) is 0 Å². The van der Waals surface area contributed by atoms with Gasteiger partial charge in [0.15, 0.2) is 11.6 Å². The maximum absolute atomic E-state index is 13.1. The maximum Gasteiger partial charge on any atom is 0.335 e. The Hall–Kier alpha value is -5.81. The van der Waals surface area contributed by atoms with Crippen molar-refractivity contribution in [3.63, 3.8) is 0 Å². The molecule has 218 valence electrons. The third-order valence-electron chi connectivity index (χ3n) is 8.53. The fourth-order valence-electron chi connectivity index (χ4n) is 6.36. The number of carbonyl (C=O) groups is 3. The van der Waals surface area contributed by atoms with Gasteiger partial charge in [0.2, 0.25) is 0 Å². The van der Waals surface area contributed by atoms with Gasteiger partial charge in [0, 0.05) is 28.5 Å². The van der Waals surface area contributed by atoms with Gasteiger partial charge >= 0.3 is 5.97 Å². The van der Waals surface area contributed by atoms with Crippen molar-refractivity contribution in [3.8, 4) is 0 Å². The monoisotopic (exact) mass is 587 g/mol. The number of carboxylic acids is 1. The zero-order chi connectivity index (χ0) is 31.1. The molecule has 5 aromatic rings. The molecule has 2 aliphatic rings. The first-order chi connectivity index (χ1) is 21.9. The molecule has 0 amide bonds. The zero-order valence-corrected chi connectivity index (χ0v) is 24.6. The van der Waals surface area contributed by atoms with Crippen LogP contribution in [0.4, 0.5) is 11.4 Å². The van der Waals surface area contributed by atoms with Crippen molar-refractivity contribution >= 4 is 46.6 Å². The van der Waals surface area contributed by atoms with E-state index in [2.05, 4.69) is 90.7 Å². The van der Waals surface area contributed by atoms with Gasteiger partial charge in [0.25, 0.3) is 0 Å². The van der Waals surface area contributed by atoms with Gasteiger partial charge < -0.3 is 10.0 Å². The smallest absolute Gasteiger partial charge is 0.335 e. The number of hydrogen-bond donors (Lipinski definition) is 1. The number of benzene rings is 5. The van der Waals surface area contributed by atoms with E-state index in [4.69, 9.17) is 0 Å². The number of carbonyl (C=O) groups excluding carboxylic acids is 2. The van der Waals surface area contributed by atoms with Crippen LogP contribution in [0, 0.1) is 0 Å². The topological polar surface area (TPSA) is 74.7 Å². The van der Waals surface area contributed by atoms with Gasteiger partial charge in [-0.15, -0.1) is 0 Å². The standard InChI is InChI=1S/C40H29NO4/c1-25-20-31-21-27(23-36-38(42)33-18-15-30(40(44)45)24-35(33)39(36)43)14-19-37(31)41(25)32-16-12-26(13-17-32)22-34(28-8-4-2-5-9-28)29-10-6-3-7-11-29/h2-19,21-25H,20H2,1H3,(H,44,45)/b36-23+. The lowest BCUT2D eigenvalue weighted by Gasteiger charge is -2.25. The largest absolute Gasteiger partial charge is 0.478 e. The van der Waals surface area contributed by atoms with Crippen molar-refractivity contribution in [2.45, 2.75) is 19.4 Å². The number of nitrogens with zero attached hydrogens (tertiary/aromatic N) is 1. The summed E-state index contributed by atoms with van der Waals surface area (Å²) in [6.07, 6.45) is 4.67. The first-order valence-electron chi connectivity index (χ1n) is 14.9. The Kier molecular flexibility index (Phi) is 7.07. The minimum atomic E-state index is -1.14. The maximum atomic E-state index is 13.1. The highest BCUT2D eigenvalue weighted by Crippen LogP contribution is 2.40. The number of hydrogen-bond acceptors (Lipinski definition) is 4. The Balaban J connectivity index is 1.16. The normalized spacial score (nSPS) is 16.1. The Morgan fingerprint density at radius 1 is 0.711 bits per heavy atom. The molecule has 1 N–H and O–H groups in total. The Morgan fingerprint density at radius 3 is 1.98 bits per heavy atom. The zero-order valence-electron chi connectivity index (χ0n) is 24.6. The number of fused-ring (bicyclic) bond motifs is 2. The van der Waals surface area contributed by atoms with Gasteiger partial charge in [-0.3, -0.25) is 9.59 Å². The van der Waals surface area contributed by atoms with Crippen LogP contribution in [0.3, 0.4) is 0 Å². The van der Waals surface area contributed by atoms with E-state index in [9.17, 15) is 19.5 Å². The molecule has 5 heteroatoms. The number of aromatic carboxylic acids is 1. The summed E-state index contributed by atoms with van der Waals surface area (Å²) in [6.45, 7) is 2.19. The summed E-state index contributed by atoms with van der Waals surface area (Å²) in [5, 5.41) is 9.30.